The first kappa shape index (κ1) is 17.5. The topological polar surface area (TPSA) is 29.6 Å². The minimum Gasteiger partial charge on any atom is -0.366 e. The molecule has 0 unspecified atom stereocenters. The number of ether oxygens (including phenoxy) is 1. The molecule has 124 valence electrons. The van der Waals surface area contributed by atoms with Crippen LogP contribution < -0.4 is 0 Å². The highest BCUT2D eigenvalue weighted by molar-refractivity contribution is 5.80. The third-order valence-electron chi connectivity index (χ3n) is 5.24. The molecule has 1 heterocycles. The number of allylic oxidation sites excluding steroid dienone is 4. The molecule has 0 N–H and O–H groups in total. The van der Waals surface area contributed by atoms with Crippen molar-refractivity contribution in [3.05, 3.63) is 23.3 Å². The van der Waals surface area contributed by atoms with Gasteiger partial charge in [0.15, 0.2) is 0 Å². The Morgan fingerprint density at radius 2 is 2.00 bits per heavy atom. The Labute approximate surface area is 136 Å². The predicted octanol–water partition coefficient (Wildman–Crippen LogP) is 5.23. The van der Waals surface area contributed by atoms with Crippen LogP contribution in [-0.2, 0) is 9.53 Å². The molecule has 0 saturated carbocycles. The van der Waals surface area contributed by atoms with Gasteiger partial charge in [0.2, 0.25) is 0 Å². The number of ketones is 1. The Morgan fingerprint density at radius 1 is 1.27 bits per heavy atom. The summed E-state index contributed by atoms with van der Waals surface area (Å²) in [6.45, 7) is 11.0. The molecule has 2 rings (SSSR count). The van der Waals surface area contributed by atoms with E-state index in [1.807, 2.05) is 0 Å². The van der Waals surface area contributed by atoms with Gasteiger partial charge in [-0.25, -0.2) is 0 Å². The third-order valence-corrected chi connectivity index (χ3v) is 5.24. The van der Waals surface area contributed by atoms with Crippen molar-refractivity contribution in [1.29, 1.82) is 0 Å². The molecule has 1 aliphatic heterocycles. The summed E-state index contributed by atoms with van der Waals surface area (Å²) in [6, 6.07) is 0. The van der Waals surface area contributed by atoms with Crippen molar-refractivity contribution in [1.82, 2.24) is 0 Å². The fourth-order valence-electron chi connectivity index (χ4n) is 3.45. The molecule has 0 radical (unpaired) electrons. The first-order valence-corrected chi connectivity index (χ1v) is 8.86. The second-order valence-electron chi connectivity index (χ2n) is 7.93. The van der Waals surface area contributed by atoms with Crippen LogP contribution >= 0.6 is 0 Å². The largest absolute Gasteiger partial charge is 0.366 e. The minimum atomic E-state index is 0.0700. The highest BCUT2D eigenvalue weighted by Crippen LogP contribution is 2.44. The second kappa shape index (κ2) is 7.12. The molecular weight excluding hydrogens is 272 g/mol. The van der Waals surface area contributed by atoms with Gasteiger partial charge in [0, 0.05) is 12.8 Å². The Kier molecular flexibility index (Phi) is 5.65. The van der Waals surface area contributed by atoms with E-state index in [4.69, 9.17) is 4.74 Å². The molecule has 2 aliphatic rings. The van der Waals surface area contributed by atoms with Crippen LogP contribution in [0.5, 0.6) is 0 Å². The molecule has 22 heavy (non-hydrogen) atoms. The van der Waals surface area contributed by atoms with Gasteiger partial charge in [-0.3, -0.25) is 4.79 Å². The summed E-state index contributed by atoms with van der Waals surface area (Å²) >= 11 is 0. The predicted molar refractivity (Wildman–Crippen MR) is 91.8 cm³/mol. The van der Waals surface area contributed by atoms with E-state index >= 15 is 0 Å². The van der Waals surface area contributed by atoms with Gasteiger partial charge < -0.3 is 4.74 Å². The van der Waals surface area contributed by atoms with Crippen molar-refractivity contribution in [3.8, 4) is 0 Å². The van der Waals surface area contributed by atoms with Gasteiger partial charge in [-0.2, -0.15) is 0 Å². The number of epoxide rings is 1. The Balaban J connectivity index is 2.14. The van der Waals surface area contributed by atoms with Crippen LogP contribution in [0.3, 0.4) is 0 Å². The summed E-state index contributed by atoms with van der Waals surface area (Å²) in [5.41, 5.74) is 2.72. The van der Waals surface area contributed by atoms with Crippen molar-refractivity contribution < 1.29 is 9.53 Å². The van der Waals surface area contributed by atoms with E-state index in [1.165, 1.54) is 11.1 Å². The smallest absolute Gasteiger partial charge is 0.137 e. The van der Waals surface area contributed by atoms with Crippen LogP contribution in [-0.4, -0.2) is 17.5 Å². The summed E-state index contributed by atoms with van der Waals surface area (Å²) in [5, 5.41) is 0. The highest BCUT2D eigenvalue weighted by Gasteiger charge is 2.50. The first-order valence-electron chi connectivity index (χ1n) is 8.86. The average molecular weight is 304 g/mol. The van der Waals surface area contributed by atoms with Gasteiger partial charge in [0.1, 0.15) is 5.78 Å². The molecule has 1 fully saturated rings. The quantitative estimate of drug-likeness (QED) is 0.621. The molecular formula is C20H32O2. The number of hydrogen-bond acceptors (Lipinski definition) is 2. The van der Waals surface area contributed by atoms with Crippen LogP contribution in [0.2, 0.25) is 0 Å². The Bertz CT molecular complexity index is 472. The van der Waals surface area contributed by atoms with E-state index in [9.17, 15) is 4.79 Å². The molecule has 2 heteroatoms. The van der Waals surface area contributed by atoms with E-state index < -0.39 is 0 Å². The molecule has 0 spiro atoms. The maximum absolute atomic E-state index is 12.2. The van der Waals surface area contributed by atoms with Crippen molar-refractivity contribution in [2.24, 2.45) is 11.8 Å². The number of Topliss-reactive ketones (excluding diaryl/α,β-unsaturated/α-hetero) is 1. The molecule has 0 aromatic rings. The molecule has 0 aromatic heterocycles. The normalized spacial score (nSPS) is 34.5. The maximum atomic E-state index is 12.2. The van der Waals surface area contributed by atoms with Crippen molar-refractivity contribution in [2.75, 3.05) is 0 Å². The number of carbonyl (C=O) groups excluding carboxylic acids is 1. The van der Waals surface area contributed by atoms with E-state index in [2.05, 4.69) is 46.8 Å². The van der Waals surface area contributed by atoms with Gasteiger partial charge in [0.05, 0.1) is 11.7 Å². The van der Waals surface area contributed by atoms with E-state index in [0.717, 1.165) is 25.7 Å². The lowest BCUT2D eigenvalue weighted by atomic mass is 9.88. The Hall–Kier alpha value is -0.890. The van der Waals surface area contributed by atoms with Crippen molar-refractivity contribution >= 4 is 5.78 Å². The van der Waals surface area contributed by atoms with Crippen LogP contribution in [0.15, 0.2) is 23.3 Å². The van der Waals surface area contributed by atoms with Gasteiger partial charge in [0.25, 0.3) is 0 Å². The van der Waals surface area contributed by atoms with Gasteiger partial charge in [-0.1, -0.05) is 44.1 Å². The molecule has 1 aliphatic carbocycles. The molecule has 0 bridgehead atoms. The summed E-state index contributed by atoms with van der Waals surface area (Å²) in [6.07, 6.45) is 10.5. The van der Waals surface area contributed by atoms with Crippen LogP contribution in [0, 0.1) is 11.8 Å². The van der Waals surface area contributed by atoms with E-state index in [-0.39, 0.29) is 5.60 Å². The zero-order chi connectivity index (χ0) is 16.3. The number of rotatable bonds is 1. The Morgan fingerprint density at radius 3 is 2.68 bits per heavy atom. The standard InChI is InChI=1S/C20H32O2/c1-14(2)17-8-6-15(3)12-18(21)13-16(4)7-9-19-20(5,22-19)11-10-17/h6,8,14,16,19H,7,9-13H2,1-5H3/t16-,19+,20+/m1/s1. The summed E-state index contributed by atoms with van der Waals surface area (Å²) in [4.78, 5) is 12.2. The van der Waals surface area contributed by atoms with E-state index in [1.54, 1.807) is 0 Å². The lowest BCUT2D eigenvalue weighted by Crippen LogP contribution is -2.13. The zero-order valence-electron chi connectivity index (χ0n) is 14.9. The summed E-state index contributed by atoms with van der Waals surface area (Å²) < 4.78 is 5.98. The van der Waals surface area contributed by atoms with Crippen LogP contribution in [0.25, 0.3) is 0 Å². The second-order valence-corrected chi connectivity index (χ2v) is 7.93. The van der Waals surface area contributed by atoms with Gasteiger partial charge >= 0.3 is 0 Å². The SMILES string of the molecule is CC1=CC=C(C(C)C)CC[C@]2(C)O[C@H]2CC[C@@H](C)CC(=O)C1. The van der Waals surface area contributed by atoms with Crippen molar-refractivity contribution in [3.63, 3.8) is 0 Å². The summed E-state index contributed by atoms with van der Waals surface area (Å²) in [7, 11) is 0. The zero-order valence-corrected chi connectivity index (χ0v) is 14.9. The lowest BCUT2D eigenvalue weighted by molar-refractivity contribution is -0.119. The molecule has 2 nitrogen and oxygen atoms in total. The molecule has 3 atom stereocenters. The molecule has 1 saturated heterocycles. The number of carbonyl (C=O) groups is 1. The number of hydrogen-bond donors (Lipinski definition) is 0. The average Bonchev–Trinajstić information content (AvgIpc) is 3.06. The summed E-state index contributed by atoms with van der Waals surface area (Å²) in [5.74, 6) is 1.39. The molecule has 0 aromatic carbocycles. The highest BCUT2D eigenvalue weighted by atomic mass is 16.6. The van der Waals surface area contributed by atoms with Crippen LogP contribution in [0.4, 0.5) is 0 Å². The van der Waals surface area contributed by atoms with Gasteiger partial charge in [-0.15, -0.1) is 0 Å². The number of fused-ring (bicyclic) bond motifs is 1. The maximum Gasteiger partial charge on any atom is 0.137 e. The fraction of sp³-hybridized carbons (Fsp3) is 0.750. The minimum absolute atomic E-state index is 0.0700. The van der Waals surface area contributed by atoms with Gasteiger partial charge in [-0.05, 0) is 51.4 Å². The van der Waals surface area contributed by atoms with Crippen LogP contribution in [0.1, 0.15) is 73.1 Å². The first-order chi connectivity index (χ1) is 10.3. The fourth-order valence-corrected chi connectivity index (χ4v) is 3.45. The molecule has 0 amide bonds. The third kappa shape index (κ3) is 4.81. The monoisotopic (exact) mass is 304 g/mol. The van der Waals surface area contributed by atoms with E-state index in [0.29, 0.717) is 36.6 Å². The van der Waals surface area contributed by atoms with Crippen molar-refractivity contribution in [2.45, 2.75) is 84.8 Å². The lowest BCUT2D eigenvalue weighted by Gasteiger charge is -2.15.